The van der Waals surface area contributed by atoms with Gasteiger partial charge in [0.05, 0.1) is 24.5 Å². The number of nitrogens with one attached hydrogen (secondary N) is 1. The van der Waals surface area contributed by atoms with Crippen LogP contribution in [-0.2, 0) is 10.2 Å². The molecule has 20 heavy (non-hydrogen) atoms. The van der Waals surface area contributed by atoms with Crippen LogP contribution in [-0.4, -0.2) is 32.6 Å². The Labute approximate surface area is 117 Å². The lowest BCUT2D eigenvalue weighted by atomic mass is 9.96. The molecule has 4 N–H and O–H groups in total. The number of anilines is 1. The van der Waals surface area contributed by atoms with Gasteiger partial charge < -0.3 is 15.6 Å². The van der Waals surface area contributed by atoms with Crippen LogP contribution >= 0.6 is 0 Å². The minimum Gasteiger partial charge on any atom is -0.492 e. The number of amidine groups is 1. The van der Waals surface area contributed by atoms with E-state index in [1.54, 1.807) is 18.2 Å². The van der Waals surface area contributed by atoms with Gasteiger partial charge in [-0.1, -0.05) is 19.9 Å². The Hall–Kier alpha value is -1.80. The van der Waals surface area contributed by atoms with Gasteiger partial charge in [-0.25, -0.2) is 0 Å². The van der Waals surface area contributed by atoms with Gasteiger partial charge in [0.1, 0.15) is 5.75 Å². The van der Waals surface area contributed by atoms with Crippen molar-refractivity contribution in [2.75, 3.05) is 17.9 Å². The molecule has 8 heteroatoms. The van der Waals surface area contributed by atoms with Crippen LogP contribution in [0.2, 0.25) is 0 Å². The predicted molar refractivity (Wildman–Crippen MR) is 76.1 cm³/mol. The average Bonchev–Trinajstić information content (AvgIpc) is 2.34. The quantitative estimate of drug-likeness (QED) is 0.747. The van der Waals surface area contributed by atoms with Crippen LogP contribution in [0.25, 0.3) is 0 Å². The zero-order valence-electron chi connectivity index (χ0n) is 11.3. The zero-order chi connectivity index (χ0) is 15.0. The predicted octanol–water partition coefficient (Wildman–Crippen LogP) is 0.459. The van der Waals surface area contributed by atoms with E-state index in [9.17, 15) is 13.5 Å². The highest BCUT2D eigenvalue weighted by atomic mass is 32.2. The van der Waals surface area contributed by atoms with Crippen molar-refractivity contribution in [1.29, 1.82) is 0 Å². The Kier molecular flexibility index (Phi) is 3.61. The second kappa shape index (κ2) is 4.95. The first-order valence-corrected chi connectivity index (χ1v) is 7.43. The molecule has 2 rings (SSSR count). The average molecular weight is 299 g/mol. The fourth-order valence-electron chi connectivity index (χ4n) is 1.66. The maximum Gasteiger partial charge on any atom is 0.344 e. The summed E-state index contributed by atoms with van der Waals surface area (Å²) in [6.45, 7) is 3.93. The van der Waals surface area contributed by atoms with Crippen LogP contribution < -0.4 is 15.2 Å². The standard InChI is InChI=1S/C12H17N3O4S/c1-12(2,6-16)7-19-9-5-3-4-8-10(9)11(13)15-20(17,18)14-8/h3-5,14,16H,6-7H2,1-2H3,(H2,13,15). The summed E-state index contributed by atoms with van der Waals surface area (Å²) in [5.41, 5.74) is 6.03. The van der Waals surface area contributed by atoms with Crippen molar-refractivity contribution in [3.63, 3.8) is 0 Å². The molecule has 1 aliphatic rings. The first kappa shape index (κ1) is 14.6. The molecule has 0 amide bonds. The van der Waals surface area contributed by atoms with Crippen LogP contribution in [0.15, 0.2) is 22.6 Å². The third-order valence-electron chi connectivity index (χ3n) is 2.79. The van der Waals surface area contributed by atoms with Crippen molar-refractivity contribution in [3.8, 4) is 5.75 Å². The highest BCUT2D eigenvalue weighted by molar-refractivity contribution is 7.91. The van der Waals surface area contributed by atoms with Crippen LogP contribution in [0.1, 0.15) is 19.4 Å². The second-order valence-corrected chi connectivity index (χ2v) is 6.68. The van der Waals surface area contributed by atoms with Gasteiger partial charge >= 0.3 is 10.2 Å². The van der Waals surface area contributed by atoms with E-state index in [1.807, 2.05) is 13.8 Å². The van der Waals surface area contributed by atoms with Crippen molar-refractivity contribution in [2.45, 2.75) is 13.8 Å². The monoisotopic (exact) mass is 299 g/mol. The molecule has 0 radical (unpaired) electrons. The van der Waals surface area contributed by atoms with Gasteiger partial charge in [0.15, 0.2) is 5.84 Å². The molecule has 0 spiro atoms. The summed E-state index contributed by atoms with van der Waals surface area (Å²) in [5.74, 6) is 0.309. The van der Waals surface area contributed by atoms with Crippen molar-refractivity contribution in [2.24, 2.45) is 15.5 Å². The number of aliphatic hydroxyl groups is 1. The Morgan fingerprint density at radius 3 is 2.80 bits per heavy atom. The number of rotatable bonds is 4. The number of hydrogen-bond donors (Lipinski definition) is 3. The lowest BCUT2D eigenvalue weighted by Gasteiger charge is -2.24. The van der Waals surface area contributed by atoms with Crippen molar-refractivity contribution >= 4 is 21.7 Å². The maximum atomic E-state index is 11.4. The number of nitrogens with two attached hydrogens (primary N) is 1. The molecule has 0 bridgehead atoms. The summed E-state index contributed by atoms with van der Waals surface area (Å²) in [7, 11) is -3.79. The number of fused-ring (bicyclic) bond motifs is 1. The van der Waals surface area contributed by atoms with Crippen molar-refractivity contribution < 1.29 is 18.3 Å². The molecule has 110 valence electrons. The Bertz CT molecular complexity index is 653. The van der Waals surface area contributed by atoms with Gasteiger partial charge in [-0.05, 0) is 12.1 Å². The van der Waals surface area contributed by atoms with Gasteiger partial charge in [-0.15, -0.1) is 4.40 Å². The minimum absolute atomic E-state index is 0.0295. The molecule has 0 saturated heterocycles. The van der Waals surface area contributed by atoms with E-state index in [4.69, 9.17) is 10.5 Å². The second-order valence-electron chi connectivity index (χ2n) is 5.34. The number of ether oxygens (including phenoxy) is 1. The molecule has 7 nitrogen and oxygen atoms in total. The number of aliphatic hydroxyl groups excluding tert-OH is 1. The van der Waals surface area contributed by atoms with E-state index in [0.29, 0.717) is 17.0 Å². The molecule has 0 atom stereocenters. The molecule has 1 aromatic rings. The van der Waals surface area contributed by atoms with Crippen LogP contribution in [0.4, 0.5) is 5.69 Å². The topological polar surface area (TPSA) is 114 Å². The number of hydrogen-bond acceptors (Lipinski definition) is 5. The molecule has 0 saturated carbocycles. The number of nitrogens with zero attached hydrogens (tertiary/aromatic N) is 1. The van der Waals surface area contributed by atoms with Gasteiger partial charge in [0, 0.05) is 5.41 Å². The summed E-state index contributed by atoms with van der Waals surface area (Å²) in [4.78, 5) is 0. The highest BCUT2D eigenvalue weighted by Crippen LogP contribution is 2.31. The zero-order valence-corrected chi connectivity index (χ0v) is 12.1. The van der Waals surface area contributed by atoms with E-state index in [0.717, 1.165) is 0 Å². The van der Waals surface area contributed by atoms with Gasteiger partial charge in [0.25, 0.3) is 0 Å². The van der Waals surface area contributed by atoms with Crippen LogP contribution in [0, 0.1) is 5.41 Å². The summed E-state index contributed by atoms with van der Waals surface area (Å²) >= 11 is 0. The molecule has 1 aliphatic heterocycles. The van der Waals surface area contributed by atoms with Gasteiger partial charge in [-0.3, -0.25) is 4.72 Å². The third kappa shape index (κ3) is 3.02. The van der Waals surface area contributed by atoms with Gasteiger partial charge in [0.2, 0.25) is 0 Å². The lowest BCUT2D eigenvalue weighted by Crippen LogP contribution is -2.29. The van der Waals surface area contributed by atoms with Crippen molar-refractivity contribution in [1.82, 2.24) is 0 Å². The first-order valence-electron chi connectivity index (χ1n) is 5.99. The summed E-state index contributed by atoms with van der Waals surface area (Å²) < 4.78 is 34.2. The maximum absolute atomic E-state index is 11.4. The van der Waals surface area contributed by atoms with E-state index in [2.05, 4.69) is 9.12 Å². The van der Waals surface area contributed by atoms with Crippen LogP contribution in [0.5, 0.6) is 5.75 Å². The third-order valence-corrected chi connectivity index (χ3v) is 3.70. The normalized spacial score (nSPS) is 16.9. The first-order chi connectivity index (χ1) is 9.24. The van der Waals surface area contributed by atoms with E-state index in [-0.39, 0.29) is 19.0 Å². The molecule has 0 aliphatic carbocycles. The fraction of sp³-hybridized carbons (Fsp3) is 0.417. The molecular formula is C12H17N3O4S. The smallest absolute Gasteiger partial charge is 0.344 e. The van der Waals surface area contributed by atoms with E-state index < -0.39 is 15.6 Å². The summed E-state index contributed by atoms with van der Waals surface area (Å²) in [6.07, 6.45) is 0. The SMILES string of the molecule is CC(C)(CO)COc1cccc2c1C(N)=NS(=O)(=O)N2. The summed E-state index contributed by atoms with van der Waals surface area (Å²) in [5, 5.41) is 9.21. The van der Waals surface area contributed by atoms with Gasteiger partial charge in [-0.2, -0.15) is 8.42 Å². The highest BCUT2D eigenvalue weighted by Gasteiger charge is 2.25. The molecular weight excluding hydrogens is 282 g/mol. The Morgan fingerprint density at radius 2 is 2.15 bits per heavy atom. The molecule has 0 fully saturated rings. The lowest BCUT2D eigenvalue weighted by molar-refractivity contribution is 0.0975. The van der Waals surface area contributed by atoms with Crippen molar-refractivity contribution in [3.05, 3.63) is 23.8 Å². The van der Waals surface area contributed by atoms with E-state index >= 15 is 0 Å². The molecule has 1 heterocycles. The number of benzene rings is 1. The fourth-order valence-corrected chi connectivity index (χ4v) is 2.50. The molecule has 1 aromatic carbocycles. The Morgan fingerprint density at radius 1 is 1.45 bits per heavy atom. The van der Waals surface area contributed by atoms with E-state index in [1.165, 1.54) is 0 Å². The van der Waals surface area contributed by atoms with Crippen LogP contribution in [0.3, 0.4) is 0 Å². The minimum atomic E-state index is -3.79. The molecule has 0 aromatic heterocycles. The largest absolute Gasteiger partial charge is 0.492 e. The Balaban J connectivity index is 2.35. The molecule has 0 unspecified atom stereocenters. The summed E-state index contributed by atoms with van der Waals surface area (Å²) in [6, 6.07) is 4.91.